The molecule has 2 amide bonds. The molecule has 0 aliphatic carbocycles. The summed E-state index contributed by atoms with van der Waals surface area (Å²) in [6.07, 6.45) is 1.27. The number of rotatable bonds is 2. The molecule has 0 aromatic carbocycles. The fourth-order valence-electron chi connectivity index (χ4n) is 1.25. The van der Waals surface area contributed by atoms with Gasteiger partial charge in [-0.15, -0.1) is 0 Å². The molecule has 0 saturated heterocycles. The average Bonchev–Trinajstić information content (AvgIpc) is 2.17. The van der Waals surface area contributed by atoms with Crippen molar-refractivity contribution in [1.29, 1.82) is 0 Å². The van der Waals surface area contributed by atoms with E-state index < -0.39 is 17.8 Å². The first-order valence-corrected chi connectivity index (χ1v) is 4.89. The van der Waals surface area contributed by atoms with Gasteiger partial charge in [-0.3, -0.25) is 14.9 Å². The van der Waals surface area contributed by atoms with Crippen LogP contribution in [0.15, 0.2) is 22.8 Å². The smallest absolute Gasteiger partial charge is 0.343 e. The monoisotopic (exact) mass is 223 g/mol. The molecule has 0 unspecified atom stereocenters. The highest BCUT2D eigenvalue weighted by Crippen LogP contribution is 2.14. The Bertz CT molecular complexity index is 414. The highest BCUT2D eigenvalue weighted by Gasteiger charge is 2.28. The predicted octanol–water partition coefficient (Wildman–Crippen LogP) is 0.469. The van der Waals surface area contributed by atoms with E-state index in [2.05, 4.69) is 5.32 Å². The number of allylic oxidation sites excluding steroid dienone is 1. The molecule has 0 radical (unpaired) electrons. The van der Waals surface area contributed by atoms with Gasteiger partial charge < -0.3 is 4.74 Å². The predicted molar refractivity (Wildman–Crippen MR) is 56.2 cm³/mol. The Morgan fingerprint density at radius 1 is 1.31 bits per heavy atom. The molecular weight excluding hydrogens is 210 g/mol. The van der Waals surface area contributed by atoms with Crippen LogP contribution in [0.2, 0.25) is 0 Å². The lowest BCUT2D eigenvalue weighted by Gasteiger charge is -2.14. The van der Waals surface area contributed by atoms with Crippen LogP contribution in [0.25, 0.3) is 0 Å². The van der Waals surface area contributed by atoms with E-state index in [1.807, 2.05) is 0 Å². The van der Waals surface area contributed by atoms with Crippen LogP contribution in [0.1, 0.15) is 20.8 Å². The zero-order valence-corrected chi connectivity index (χ0v) is 9.42. The molecule has 0 atom stereocenters. The first-order valence-electron chi connectivity index (χ1n) is 4.89. The van der Waals surface area contributed by atoms with Gasteiger partial charge in [-0.1, -0.05) is 5.57 Å². The summed E-state index contributed by atoms with van der Waals surface area (Å²) in [6, 6.07) is 0. The lowest BCUT2D eigenvalue weighted by molar-refractivity contribution is -0.140. The molecule has 1 N–H and O–H groups in total. The average molecular weight is 223 g/mol. The van der Waals surface area contributed by atoms with Crippen LogP contribution in [0.4, 0.5) is 0 Å². The fraction of sp³-hybridized carbons (Fsp3) is 0.364. The van der Waals surface area contributed by atoms with Crippen LogP contribution < -0.4 is 5.32 Å². The maximum Gasteiger partial charge on any atom is 0.343 e. The van der Waals surface area contributed by atoms with Gasteiger partial charge in [0.1, 0.15) is 5.57 Å². The molecule has 1 rings (SSSR count). The number of amides is 2. The Morgan fingerprint density at radius 2 is 1.94 bits per heavy atom. The number of esters is 1. The van der Waals surface area contributed by atoms with E-state index in [1.165, 1.54) is 6.08 Å². The van der Waals surface area contributed by atoms with E-state index in [0.717, 1.165) is 5.57 Å². The van der Waals surface area contributed by atoms with Crippen molar-refractivity contribution in [3.63, 3.8) is 0 Å². The summed E-state index contributed by atoms with van der Waals surface area (Å²) in [6.45, 7) is 5.28. The zero-order chi connectivity index (χ0) is 12.3. The number of carbonyl (C=O) groups excluding carboxylic acids is 3. The summed E-state index contributed by atoms with van der Waals surface area (Å²) < 4.78 is 4.71. The third-order valence-electron chi connectivity index (χ3n) is 2.04. The van der Waals surface area contributed by atoms with E-state index >= 15 is 0 Å². The van der Waals surface area contributed by atoms with E-state index in [1.54, 1.807) is 20.8 Å². The van der Waals surface area contributed by atoms with Gasteiger partial charge >= 0.3 is 5.97 Å². The molecule has 1 heterocycles. The molecule has 16 heavy (non-hydrogen) atoms. The standard InChI is InChI=1S/C11H13NO4/c1-4-16-11(15)8-5-7(6(2)3)9(13)12-10(8)14/h5H,4H2,1-3H3,(H,12,13,14). The van der Waals surface area contributed by atoms with Crippen molar-refractivity contribution in [2.75, 3.05) is 6.61 Å². The summed E-state index contributed by atoms with van der Waals surface area (Å²) in [4.78, 5) is 34.1. The molecule has 0 bridgehead atoms. The lowest BCUT2D eigenvalue weighted by atomic mass is 10.0. The molecule has 5 heteroatoms. The van der Waals surface area contributed by atoms with Gasteiger partial charge in [0.2, 0.25) is 0 Å². The summed E-state index contributed by atoms with van der Waals surface area (Å²) >= 11 is 0. The normalized spacial score (nSPS) is 15.4. The number of nitrogens with one attached hydrogen (secondary N) is 1. The van der Waals surface area contributed by atoms with Gasteiger partial charge in [0.05, 0.1) is 6.61 Å². The Balaban J connectivity index is 3.13. The molecule has 0 aromatic rings. The number of hydrogen-bond acceptors (Lipinski definition) is 4. The summed E-state index contributed by atoms with van der Waals surface area (Å²) in [7, 11) is 0. The fourth-order valence-corrected chi connectivity index (χ4v) is 1.25. The minimum Gasteiger partial charge on any atom is -0.462 e. The topological polar surface area (TPSA) is 72.5 Å². The van der Waals surface area contributed by atoms with Crippen LogP contribution in [-0.2, 0) is 19.1 Å². The van der Waals surface area contributed by atoms with Gasteiger partial charge in [0, 0.05) is 5.57 Å². The molecule has 1 aliphatic rings. The van der Waals surface area contributed by atoms with Gasteiger partial charge in [0.15, 0.2) is 0 Å². The van der Waals surface area contributed by atoms with Crippen molar-refractivity contribution < 1.29 is 19.1 Å². The first kappa shape index (κ1) is 12.2. The van der Waals surface area contributed by atoms with E-state index in [0.29, 0.717) is 5.57 Å². The van der Waals surface area contributed by atoms with E-state index in [-0.39, 0.29) is 12.2 Å². The van der Waals surface area contributed by atoms with Crippen molar-refractivity contribution >= 4 is 17.8 Å². The maximum absolute atomic E-state index is 11.4. The highest BCUT2D eigenvalue weighted by molar-refractivity contribution is 6.26. The lowest BCUT2D eigenvalue weighted by Crippen LogP contribution is -2.39. The maximum atomic E-state index is 11.4. The summed E-state index contributed by atoms with van der Waals surface area (Å²) in [5.41, 5.74) is 0.909. The van der Waals surface area contributed by atoms with Crippen LogP contribution in [0.5, 0.6) is 0 Å². The minimum absolute atomic E-state index is 0.141. The van der Waals surface area contributed by atoms with Crippen LogP contribution >= 0.6 is 0 Å². The number of ether oxygens (including phenoxy) is 1. The molecular formula is C11H13NO4. The van der Waals surface area contributed by atoms with Gasteiger partial charge in [0.25, 0.3) is 11.8 Å². The second-order valence-electron chi connectivity index (χ2n) is 3.48. The summed E-state index contributed by atoms with van der Waals surface area (Å²) in [5, 5.41) is 2.10. The number of carbonyl (C=O) groups is 3. The second kappa shape index (κ2) is 4.74. The van der Waals surface area contributed by atoms with Crippen molar-refractivity contribution in [1.82, 2.24) is 5.32 Å². The summed E-state index contributed by atoms with van der Waals surface area (Å²) in [5.74, 6) is -1.92. The second-order valence-corrected chi connectivity index (χ2v) is 3.48. The van der Waals surface area contributed by atoms with Crippen molar-refractivity contribution in [2.24, 2.45) is 0 Å². The third-order valence-corrected chi connectivity index (χ3v) is 2.04. The van der Waals surface area contributed by atoms with Crippen molar-refractivity contribution in [3.8, 4) is 0 Å². The highest BCUT2D eigenvalue weighted by atomic mass is 16.5. The quantitative estimate of drug-likeness (QED) is 0.319. The van der Waals surface area contributed by atoms with Crippen LogP contribution in [-0.4, -0.2) is 24.4 Å². The molecule has 0 spiro atoms. The molecule has 0 fully saturated rings. The Labute approximate surface area is 93.2 Å². The zero-order valence-electron chi connectivity index (χ0n) is 9.42. The van der Waals surface area contributed by atoms with Gasteiger partial charge in [-0.25, -0.2) is 4.79 Å². The van der Waals surface area contributed by atoms with E-state index in [4.69, 9.17) is 4.74 Å². The number of imide groups is 1. The molecule has 1 aliphatic heterocycles. The molecule has 86 valence electrons. The van der Waals surface area contributed by atoms with Crippen molar-refractivity contribution in [3.05, 3.63) is 22.8 Å². The van der Waals surface area contributed by atoms with Crippen LogP contribution in [0, 0.1) is 0 Å². The van der Waals surface area contributed by atoms with E-state index in [9.17, 15) is 14.4 Å². The van der Waals surface area contributed by atoms with Crippen LogP contribution in [0.3, 0.4) is 0 Å². The molecule has 0 aromatic heterocycles. The molecule has 0 saturated carbocycles. The van der Waals surface area contributed by atoms with Gasteiger partial charge in [-0.05, 0) is 26.8 Å². The van der Waals surface area contributed by atoms with Gasteiger partial charge in [-0.2, -0.15) is 0 Å². The third kappa shape index (κ3) is 2.36. The largest absolute Gasteiger partial charge is 0.462 e. The minimum atomic E-state index is -0.716. The Morgan fingerprint density at radius 3 is 2.44 bits per heavy atom. The Kier molecular flexibility index (Phi) is 3.60. The Hall–Kier alpha value is -1.91. The first-order chi connectivity index (χ1) is 7.47. The number of hydrogen-bond donors (Lipinski definition) is 1. The van der Waals surface area contributed by atoms with Crippen molar-refractivity contribution in [2.45, 2.75) is 20.8 Å². The SMILES string of the molecule is CCOC(=O)C1=CC(=C(C)C)C(=O)NC1=O. The molecule has 5 nitrogen and oxygen atoms in total.